The fraction of sp³-hybridized carbons (Fsp3) is 1.00. The van der Waals surface area contributed by atoms with Crippen molar-refractivity contribution >= 4 is 18.7 Å². The van der Waals surface area contributed by atoms with E-state index in [1.165, 1.54) is 0 Å². The van der Waals surface area contributed by atoms with Crippen LogP contribution in [-0.4, -0.2) is 28.7 Å². The number of hydrogen-bond donors (Lipinski definition) is 2. The molecule has 2 nitrogen and oxygen atoms in total. The van der Waals surface area contributed by atoms with E-state index in [4.69, 9.17) is 21.6 Å². The van der Waals surface area contributed by atoms with Gasteiger partial charge in [-0.15, -0.1) is 11.6 Å². The Morgan fingerprint density at radius 1 is 1.64 bits per heavy atom. The molecule has 1 aliphatic rings. The molecule has 0 aromatic carbocycles. The highest BCUT2D eigenvalue weighted by Gasteiger charge is 2.50. The Morgan fingerprint density at radius 3 is 2.55 bits per heavy atom. The molecule has 0 bridgehead atoms. The van der Waals surface area contributed by atoms with Gasteiger partial charge in [0.25, 0.3) is 0 Å². The lowest BCUT2D eigenvalue weighted by atomic mass is 9.53. The molecule has 11 heavy (non-hydrogen) atoms. The van der Waals surface area contributed by atoms with Crippen molar-refractivity contribution in [2.75, 3.05) is 6.67 Å². The van der Waals surface area contributed by atoms with Crippen LogP contribution in [0.25, 0.3) is 0 Å². The third kappa shape index (κ3) is 1.68. The number of rotatable bonds is 3. The van der Waals surface area contributed by atoms with Gasteiger partial charge in [-0.25, -0.2) is 0 Å². The SMILES string of the molecule is OB(O)C1CC[C@]1(Cl)CCF. The predicted molar refractivity (Wildman–Crippen MR) is 42.4 cm³/mol. The maximum Gasteiger partial charge on any atom is 0.456 e. The Morgan fingerprint density at radius 2 is 2.27 bits per heavy atom. The number of hydrogen-bond acceptors (Lipinski definition) is 2. The van der Waals surface area contributed by atoms with Crippen molar-refractivity contribution in [2.45, 2.75) is 30.0 Å². The van der Waals surface area contributed by atoms with Gasteiger partial charge in [0, 0.05) is 10.7 Å². The summed E-state index contributed by atoms with van der Waals surface area (Å²) in [6.07, 6.45) is 1.58. The highest BCUT2D eigenvalue weighted by atomic mass is 35.5. The van der Waals surface area contributed by atoms with Crippen molar-refractivity contribution in [3.8, 4) is 0 Å². The predicted octanol–water partition coefficient (Wildman–Crippen LogP) is 0.960. The molecule has 0 aromatic heterocycles. The standard InChI is InChI=1S/C6H11BClFO2/c8-6(3-4-9)2-1-5(6)7(10)11/h5,10-11H,1-4H2/t5?,6-/m0/s1. The van der Waals surface area contributed by atoms with Crippen LogP contribution in [0.1, 0.15) is 19.3 Å². The zero-order chi connectivity index (χ0) is 8.48. The molecule has 5 heteroatoms. The van der Waals surface area contributed by atoms with Crippen molar-refractivity contribution in [3.63, 3.8) is 0 Å². The maximum absolute atomic E-state index is 11.9. The van der Waals surface area contributed by atoms with Crippen LogP contribution >= 0.6 is 11.6 Å². The van der Waals surface area contributed by atoms with E-state index in [1.807, 2.05) is 0 Å². The molecule has 64 valence electrons. The van der Waals surface area contributed by atoms with Crippen molar-refractivity contribution in [3.05, 3.63) is 0 Å². The van der Waals surface area contributed by atoms with Crippen LogP contribution in [0.4, 0.5) is 4.39 Å². The lowest BCUT2D eigenvalue weighted by Gasteiger charge is -2.44. The summed E-state index contributed by atoms with van der Waals surface area (Å²) in [7, 11) is -1.40. The Kier molecular flexibility index (Phi) is 2.78. The quantitative estimate of drug-likeness (QED) is 0.502. The maximum atomic E-state index is 11.9. The Hall–Kier alpha value is 0.205. The first-order valence-corrected chi connectivity index (χ1v) is 4.09. The Labute approximate surface area is 70.5 Å². The first kappa shape index (κ1) is 9.29. The van der Waals surface area contributed by atoms with Crippen molar-refractivity contribution < 1.29 is 14.4 Å². The van der Waals surface area contributed by atoms with E-state index in [2.05, 4.69) is 0 Å². The summed E-state index contributed by atoms with van der Waals surface area (Å²) in [6, 6.07) is 0. The molecule has 0 radical (unpaired) electrons. The van der Waals surface area contributed by atoms with Gasteiger partial charge in [-0.1, -0.05) is 0 Å². The van der Waals surface area contributed by atoms with Gasteiger partial charge in [-0.05, 0) is 19.3 Å². The molecule has 0 amide bonds. The lowest BCUT2D eigenvalue weighted by Crippen LogP contribution is -2.46. The first-order valence-electron chi connectivity index (χ1n) is 3.71. The molecule has 0 aromatic rings. The van der Waals surface area contributed by atoms with E-state index >= 15 is 0 Å². The highest BCUT2D eigenvalue weighted by Crippen LogP contribution is 2.51. The molecule has 2 N–H and O–H groups in total. The third-order valence-corrected chi connectivity index (χ3v) is 3.06. The lowest BCUT2D eigenvalue weighted by molar-refractivity contribution is 0.247. The average molecular weight is 180 g/mol. The fourth-order valence-corrected chi connectivity index (χ4v) is 1.91. The molecule has 0 spiro atoms. The topological polar surface area (TPSA) is 40.5 Å². The second-order valence-electron chi connectivity index (χ2n) is 3.03. The van der Waals surface area contributed by atoms with E-state index < -0.39 is 18.7 Å². The molecular formula is C6H11BClFO2. The summed E-state index contributed by atoms with van der Waals surface area (Å²) < 4.78 is 11.9. The minimum atomic E-state index is -1.40. The van der Waals surface area contributed by atoms with Gasteiger partial charge in [-0.3, -0.25) is 4.39 Å². The van der Waals surface area contributed by atoms with Gasteiger partial charge < -0.3 is 10.0 Å². The molecule has 1 aliphatic carbocycles. The van der Waals surface area contributed by atoms with E-state index in [1.54, 1.807) is 0 Å². The van der Waals surface area contributed by atoms with Crippen molar-refractivity contribution in [1.29, 1.82) is 0 Å². The van der Waals surface area contributed by atoms with Crippen LogP contribution in [0.15, 0.2) is 0 Å². The molecule has 0 heterocycles. The third-order valence-electron chi connectivity index (χ3n) is 2.41. The molecule has 1 rings (SSSR count). The minimum absolute atomic E-state index is 0.219. The summed E-state index contributed by atoms with van der Waals surface area (Å²) >= 11 is 5.91. The number of alkyl halides is 2. The summed E-state index contributed by atoms with van der Waals surface area (Å²) in [5, 5.41) is 17.6. The van der Waals surface area contributed by atoms with Crippen molar-refractivity contribution in [1.82, 2.24) is 0 Å². The van der Waals surface area contributed by atoms with Gasteiger partial charge in [-0.2, -0.15) is 0 Å². The first-order chi connectivity index (χ1) is 5.10. The van der Waals surface area contributed by atoms with E-state index in [0.29, 0.717) is 12.8 Å². The monoisotopic (exact) mass is 180 g/mol. The molecule has 1 fully saturated rings. The van der Waals surface area contributed by atoms with Gasteiger partial charge in [0.15, 0.2) is 0 Å². The molecular weight excluding hydrogens is 169 g/mol. The van der Waals surface area contributed by atoms with E-state index in [9.17, 15) is 4.39 Å². The van der Waals surface area contributed by atoms with E-state index in [0.717, 1.165) is 0 Å². The summed E-state index contributed by atoms with van der Waals surface area (Å²) in [5.41, 5.74) is 0. The van der Waals surface area contributed by atoms with Gasteiger partial charge in [0.05, 0.1) is 6.67 Å². The fourth-order valence-electron chi connectivity index (χ4n) is 1.51. The second-order valence-corrected chi connectivity index (χ2v) is 3.79. The number of halogens is 2. The smallest absolute Gasteiger partial charge is 0.427 e. The van der Waals surface area contributed by atoms with Crippen LogP contribution in [0, 0.1) is 0 Å². The molecule has 1 saturated carbocycles. The van der Waals surface area contributed by atoms with Gasteiger partial charge in [0.1, 0.15) is 0 Å². The van der Waals surface area contributed by atoms with Crippen LogP contribution in [-0.2, 0) is 0 Å². The normalized spacial score (nSPS) is 36.5. The minimum Gasteiger partial charge on any atom is -0.427 e. The Balaban J connectivity index is 2.45. The zero-order valence-corrected chi connectivity index (χ0v) is 6.89. The van der Waals surface area contributed by atoms with Gasteiger partial charge >= 0.3 is 7.12 Å². The average Bonchev–Trinajstić information content (AvgIpc) is 1.85. The summed E-state index contributed by atoms with van der Waals surface area (Å²) in [6.45, 7) is -0.493. The largest absolute Gasteiger partial charge is 0.456 e. The van der Waals surface area contributed by atoms with Gasteiger partial charge in [0.2, 0.25) is 0 Å². The zero-order valence-electron chi connectivity index (χ0n) is 6.13. The molecule has 2 atom stereocenters. The van der Waals surface area contributed by atoms with Crippen molar-refractivity contribution in [2.24, 2.45) is 0 Å². The molecule has 1 unspecified atom stereocenters. The molecule has 0 saturated heterocycles. The van der Waals surface area contributed by atoms with E-state index in [-0.39, 0.29) is 12.2 Å². The second kappa shape index (κ2) is 3.29. The van der Waals surface area contributed by atoms with Crippen LogP contribution in [0.2, 0.25) is 5.82 Å². The molecule has 0 aliphatic heterocycles. The summed E-state index contributed by atoms with van der Waals surface area (Å²) in [4.78, 5) is -0.692. The van der Waals surface area contributed by atoms with Crippen LogP contribution < -0.4 is 0 Å². The Bertz CT molecular complexity index is 147. The summed E-state index contributed by atoms with van der Waals surface area (Å²) in [5.74, 6) is -0.347. The van der Waals surface area contributed by atoms with Crippen LogP contribution in [0.3, 0.4) is 0 Å². The van der Waals surface area contributed by atoms with Crippen LogP contribution in [0.5, 0.6) is 0 Å². The highest BCUT2D eigenvalue weighted by molar-refractivity contribution is 6.47.